The number of pyridine rings is 1. The first kappa shape index (κ1) is 21.3. The third-order valence-corrected chi connectivity index (χ3v) is 5.36. The van der Waals surface area contributed by atoms with Crippen molar-refractivity contribution in [2.24, 2.45) is 7.05 Å². The normalized spacial score (nSPS) is 11.7. The van der Waals surface area contributed by atoms with Gasteiger partial charge in [0.25, 0.3) is 11.8 Å². The number of nitrogens with zero attached hydrogens (tertiary/aromatic N) is 3. The molecule has 0 fully saturated rings. The van der Waals surface area contributed by atoms with Crippen molar-refractivity contribution >= 4 is 11.8 Å². The summed E-state index contributed by atoms with van der Waals surface area (Å²) < 4.78 is 1.79. The summed E-state index contributed by atoms with van der Waals surface area (Å²) in [6.07, 6.45) is 4.89. The SMILES string of the molecule is Cc1ncccc1C(=O)N(C)[C@H](CCNC(=O)c1cccn1C)Cc1ccccc1. The summed E-state index contributed by atoms with van der Waals surface area (Å²) in [5.41, 5.74) is 3.08. The third kappa shape index (κ3) is 5.14. The average Bonchev–Trinajstić information content (AvgIpc) is 3.19. The Kier molecular flexibility index (Phi) is 7.01. The monoisotopic (exact) mass is 404 g/mol. The molecule has 0 spiro atoms. The number of carbonyl (C=O) groups excluding carboxylic acids is 2. The Morgan fingerprint density at radius 1 is 1.10 bits per heavy atom. The summed E-state index contributed by atoms with van der Waals surface area (Å²) in [5, 5.41) is 2.98. The van der Waals surface area contributed by atoms with Crippen molar-refractivity contribution in [2.45, 2.75) is 25.8 Å². The van der Waals surface area contributed by atoms with Crippen LogP contribution in [0.4, 0.5) is 0 Å². The molecule has 0 saturated heterocycles. The summed E-state index contributed by atoms with van der Waals surface area (Å²) in [6, 6.07) is 17.2. The Hall–Kier alpha value is -3.41. The minimum absolute atomic E-state index is 0.0599. The summed E-state index contributed by atoms with van der Waals surface area (Å²) >= 11 is 0. The minimum atomic E-state index is -0.113. The molecule has 156 valence electrons. The first-order valence-corrected chi connectivity index (χ1v) is 10.1. The molecule has 2 aromatic heterocycles. The molecule has 0 bridgehead atoms. The highest BCUT2D eigenvalue weighted by Gasteiger charge is 2.23. The first-order chi connectivity index (χ1) is 14.5. The van der Waals surface area contributed by atoms with Crippen LogP contribution in [-0.2, 0) is 13.5 Å². The van der Waals surface area contributed by atoms with Crippen LogP contribution in [-0.4, -0.2) is 45.9 Å². The predicted molar refractivity (Wildman–Crippen MR) is 117 cm³/mol. The number of amides is 2. The van der Waals surface area contributed by atoms with Crippen LogP contribution < -0.4 is 5.32 Å². The van der Waals surface area contributed by atoms with Crippen molar-refractivity contribution in [2.75, 3.05) is 13.6 Å². The van der Waals surface area contributed by atoms with E-state index in [1.54, 1.807) is 33.9 Å². The van der Waals surface area contributed by atoms with Crippen LogP contribution in [0, 0.1) is 6.92 Å². The predicted octanol–water partition coefficient (Wildman–Crippen LogP) is 3.23. The van der Waals surface area contributed by atoms with Crippen molar-refractivity contribution in [1.29, 1.82) is 0 Å². The number of nitrogens with one attached hydrogen (secondary N) is 1. The number of hydrogen-bond acceptors (Lipinski definition) is 3. The number of likely N-dealkylation sites (N-methyl/N-ethyl adjacent to an activating group) is 1. The fraction of sp³-hybridized carbons (Fsp3) is 0.292. The number of hydrogen-bond donors (Lipinski definition) is 1. The van der Waals surface area contributed by atoms with Crippen LogP contribution in [0.3, 0.4) is 0 Å². The Morgan fingerprint density at radius 3 is 2.53 bits per heavy atom. The van der Waals surface area contributed by atoms with E-state index in [1.165, 1.54) is 0 Å². The average molecular weight is 405 g/mol. The van der Waals surface area contributed by atoms with Gasteiger partial charge in [0.1, 0.15) is 5.69 Å². The maximum absolute atomic E-state index is 13.1. The van der Waals surface area contributed by atoms with Crippen molar-refractivity contribution < 1.29 is 9.59 Å². The highest BCUT2D eigenvalue weighted by atomic mass is 16.2. The van der Waals surface area contributed by atoms with Gasteiger partial charge in [0.15, 0.2) is 0 Å². The Labute approximate surface area is 177 Å². The Morgan fingerprint density at radius 2 is 1.87 bits per heavy atom. The van der Waals surface area contributed by atoms with Crippen molar-refractivity contribution in [3.8, 4) is 0 Å². The lowest BCUT2D eigenvalue weighted by molar-refractivity contribution is 0.0721. The Balaban J connectivity index is 1.71. The molecule has 1 aromatic carbocycles. The second-order valence-corrected chi connectivity index (χ2v) is 7.44. The molecule has 2 amide bonds. The van der Waals surface area contributed by atoms with Gasteiger partial charge in [0, 0.05) is 44.8 Å². The topological polar surface area (TPSA) is 67.2 Å². The van der Waals surface area contributed by atoms with Crippen molar-refractivity contribution in [3.63, 3.8) is 0 Å². The van der Waals surface area contributed by atoms with E-state index in [2.05, 4.69) is 22.4 Å². The lowest BCUT2D eigenvalue weighted by atomic mass is 10.0. The summed E-state index contributed by atoms with van der Waals surface area (Å²) in [4.78, 5) is 31.5. The zero-order valence-corrected chi connectivity index (χ0v) is 17.7. The fourth-order valence-corrected chi connectivity index (χ4v) is 3.52. The molecule has 0 aliphatic carbocycles. The van der Waals surface area contributed by atoms with Crippen molar-refractivity contribution in [3.05, 3.63) is 89.5 Å². The van der Waals surface area contributed by atoms with Gasteiger partial charge in [-0.15, -0.1) is 0 Å². The molecule has 0 radical (unpaired) electrons. The molecule has 3 aromatic rings. The second-order valence-electron chi connectivity index (χ2n) is 7.44. The molecular formula is C24H28N4O2. The zero-order chi connectivity index (χ0) is 21.5. The molecule has 0 aliphatic heterocycles. The lowest BCUT2D eigenvalue weighted by Crippen LogP contribution is -2.41. The van der Waals surface area contributed by atoms with E-state index in [-0.39, 0.29) is 17.9 Å². The summed E-state index contributed by atoms with van der Waals surface area (Å²) in [5.74, 6) is -0.173. The maximum Gasteiger partial charge on any atom is 0.267 e. The third-order valence-electron chi connectivity index (χ3n) is 5.36. The molecule has 0 aliphatic rings. The molecule has 0 saturated carbocycles. The van der Waals surface area contributed by atoms with Gasteiger partial charge in [0.05, 0.1) is 5.56 Å². The molecule has 3 rings (SSSR count). The van der Waals surface area contributed by atoms with Crippen LogP contribution in [0.5, 0.6) is 0 Å². The highest BCUT2D eigenvalue weighted by Crippen LogP contribution is 2.15. The smallest absolute Gasteiger partial charge is 0.267 e. The van der Waals surface area contributed by atoms with E-state index < -0.39 is 0 Å². The van der Waals surface area contributed by atoms with E-state index in [0.29, 0.717) is 36.3 Å². The van der Waals surface area contributed by atoms with Crippen LogP contribution in [0.1, 0.15) is 38.5 Å². The molecule has 6 nitrogen and oxygen atoms in total. The lowest BCUT2D eigenvalue weighted by Gasteiger charge is -2.29. The van der Waals surface area contributed by atoms with Crippen LogP contribution in [0.15, 0.2) is 67.0 Å². The van der Waals surface area contributed by atoms with Gasteiger partial charge in [-0.1, -0.05) is 30.3 Å². The van der Waals surface area contributed by atoms with Gasteiger partial charge in [0.2, 0.25) is 0 Å². The summed E-state index contributed by atoms with van der Waals surface area (Å²) in [6.45, 7) is 2.32. The standard InChI is InChI=1S/C24H28N4O2/c1-18-21(11-7-14-25-18)24(30)28(3)20(17-19-9-5-4-6-10-19)13-15-26-23(29)22-12-8-16-27(22)2/h4-12,14,16,20H,13,15,17H2,1-3H3,(H,26,29)/t20-/m1/s1. The maximum atomic E-state index is 13.1. The molecule has 0 unspecified atom stereocenters. The zero-order valence-electron chi connectivity index (χ0n) is 17.7. The van der Waals surface area contributed by atoms with Crippen LogP contribution in [0.2, 0.25) is 0 Å². The van der Waals surface area contributed by atoms with Gasteiger partial charge >= 0.3 is 0 Å². The van der Waals surface area contributed by atoms with E-state index >= 15 is 0 Å². The number of carbonyl (C=O) groups is 2. The Bertz CT molecular complexity index is 997. The van der Waals surface area contributed by atoms with Gasteiger partial charge in [-0.25, -0.2) is 0 Å². The molecular weight excluding hydrogens is 376 g/mol. The molecule has 1 N–H and O–H groups in total. The second kappa shape index (κ2) is 9.87. The molecule has 30 heavy (non-hydrogen) atoms. The number of aromatic nitrogens is 2. The summed E-state index contributed by atoms with van der Waals surface area (Å²) in [7, 11) is 3.66. The van der Waals surface area contributed by atoms with Gasteiger partial charge in [-0.05, 0) is 49.6 Å². The number of benzene rings is 1. The van der Waals surface area contributed by atoms with E-state index in [4.69, 9.17) is 0 Å². The minimum Gasteiger partial charge on any atom is -0.351 e. The number of rotatable bonds is 8. The van der Waals surface area contributed by atoms with Gasteiger partial charge < -0.3 is 14.8 Å². The van der Waals surface area contributed by atoms with Crippen LogP contribution >= 0.6 is 0 Å². The van der Waals surface area contributed by atoms with Gasteiger partial charge in [-0.2, -0.15) is 0 Å². The first-order valence-electron chi connectivity index (χ1n) is 10.1. The van der Waals surface area contributed by atoms with E-state index in [1.807, 2.05) is 51.5 Å². The van der Waals surface area contributed by atoms with E-state index in [0.717, 1.165) is 5.56 Å². The van der Waals surface area contributed by atoms with Crippen LogP contribution in [0.25, 0.3) is 0 Å². The largest absolute Gasteiger partial charge is 0.351 e. The quantitative estimate of drug-likeness (QED) is 0.627. The molecule has 2 heterocycles. The molecule has 1 atom stereocenters. The van der Waals surface area contributed by atoms with Crippen molar-refractivity contribution in [1.82, 2.24) is 19.8 Å². The highest BCUT2D eigenvalue weighted by molar-refractivity contribution is 5.95. The van der Waals surface area contributed by atoms with E-state index in [9.17, 15) is 9.59 Å². The van der Waals surface area contributed by atoms with Gasteiger partial charge in [-0.3, -0.25) is 14.6 Å². The number of aryl methyl sites for hydroxylation is 2. The fourth-order valence-electron chi connectivity index (χ4n) is 3.52. The molecule has 6 heteroatoms.